The minimum atomic E-state index is -0.681. The van der Waals surface area contributed by atoms with E-state index < -0.39 is 6.04 Å². The van der Waals surface area contributed by atoms with Gasteiger partial charge in [-0.25, -0.2) is 4.79 Å². The molecule has 0 aromatic heterocycles. The summed E-state index contributed by atoms with van der Waals surface area (Å²) < 4.78 is 0. The number of carbonyl (C=O) groups excluding carboxylic acids is 2. The molecule has 2 atom stereocenters. The quantitative estimate of drug-likeness (QED) is 0.772. The number of likely N-dealkylation sites (tertiary alicyclic amines) is 1. The molecule has 1 fully saturated rings. The minimum Gasteiger partial charge on any atom is -0.350 e. The van der Waals surface area contributed by atoms with Crippen molar-refractivity contribution < 1.29 is 9.59 Å². The summed E-state index contributed by atoms with van der Waals surface area (Å²) in [5.41, 5.74) is 7.93. The van der Waals surface area contributed by atoms with Crippen molar-refractivity contribution in [2.24, 2.45) is 5.73 Å². The van der Waals surface area contributed by atoms with Crippen molar-refractivity contribution in [3.05, 3.63) is 35.4 Å². The van der Waals surface area contributed by atoms with Gasteiger partial charge in [0.15, 0.2) is 0 Å². The Morgan fingerprint density at radius 1 is 1.35 bits per heavy atom. The molecule has 1 aromatic rings. The SMILES string of the molecule is CCNC(=O)N1CCC(NC(=O)C(N)c2ccc(C)cc2)C1.Cl. The Kier molecular flexibility index (Phi) is 7.32. The van der Waals surface area contributed by atoms with E-state index in [1.807, 2.05) is 38.1 Å². The van der Waals surface area contributed by atoms with E-state index in [-0.39, 0.29) is 30.4 Å². The highest BCUT2D eigenvalue weighted by Crippen LogP contribution is 2.14. The minimum absolute atomic E-state index is 0. The maximum absolute atomic E-state index is 12.2. The van der Waals surface area contributed by atoms with Crippen LogP contribution in [0.15, 0.2) is 24.3 Å². The van der Waals surface area contributed by atoms with Crippen LogP contribution in [-0.4, -0.2) is 42.5 Å². The average molecular weight is 341 g/mol. The molecule has 1 aliphatic rings. The lowest BCUT2D eigenvalue weighted by molar-refractivity contribution is -0.123. The number of rotatable bonds is 4. The molecule has 0 aliphatic carbocycles. The average Bonchev–Trinajstić information content (AvgIpc) is 2.96. The molecule has 0 radical (unpaired) electrons. The van der Waals surface area contributed by atoms with Gasteiger partial charge in [-0.15, -0.1) is 12.4 Å². The van der Waals surface area contributed by atoms with Crippen molar-refractivity contribution in [3.63, 3.8) is 0 Å². The lowest BCUT2D eigenvalue weighted by Gasteiger charge is -2.19. The first-order valence-corrected chi connectivity index (χ1v) is 7.66. The predicted molar refractivity (Wildman–Crippen MR) is 92.5 cm³/mol. The molecule has 1 aromatic carbocycles. The lowest BCUT2D eigenvalue weighted by atomic mass is 10.0. The summed E-state index contributed by atoms with van der Waals surface area (Å²) in [5, 5.41) is 5.70. The second kappa shape index (κ2) is 8.74. The first-order valence-electron chi connectivity index (χ1n) is 7.66. The predicted octanol–water partition coefficient (Wildman–Crippen LogP) is 1.34. The number of halogens is 1. The number of nitrogens with one attached hydrogen (secondary N) is 2. The molecule has 1 aliphatic heterocycles. The summed E-state index contributed by atoms with van der Waals surface area (Å²) in [4.78, 5) is 25.7. The number of urea groups is 1. The number of amides is 3. The molecule has 1 saturated heterocycles. The van der Waals surface area contributed by atoms with Gasteiger partial charge < -0.3 is 21.3 Å². The summed E-state index contributed by atoms with van der Waals surface area (Å²) >= 11 is 0. The molecule has 7 heteroatoms. The maximum Gasteiger partial charge on any atom is 0.317 e. The van der Waals surface area contributed by atoms with Gasteiger partial charge in [0.25, 0.3) is 0 Å². The number of hydrogen-bond donors (Lipinski definition) is 3. The van der Waals surface area contributed by atoms with Crippen LogP contribution in [0.2, 0.25) is 0 Å². The van der Waals surface area contributed by atoms with Gasteiger partial charge >= 0.3 is 6.03 Å². The molecule has 2 rings (SSSR count). The molecular formula is C16H25ClN4O2. The number of benzene rings is 1. The van der Waals surface area contributed by atoms with Gasteiger partial charge in [0.1, 0.15) is 6.04 Å². The van der Waals surface area contributed by atoms with Gasteiger partial charge in [-0.3, -0.25) is 4.79 Å². The molecule has 0 saturated carbocycles. The molecule has 23 heavy (non-hydrogen) atoms. The number of aryl methyl sites for hydroxylation is 1. The largest absolute Gasteiger partial charge is 0.350 e. The molecule has 3 amide bonds. The third-order valence-electron chi connectivity index (χ3n) is 3.87. The van der Waals surface area contributed by atoms with E-state index in [9.17, 15) is 9.59 Å². The molecule has 6 nitrogen and oxygen atoms in total. The van der Waals surface area contributed by atoms with Crippen LogP contribution < -0.4 is 16.4 Å². The van der Waals surface area contributed by atoms with Crippen LogP contribution in [0.4, 0.5) is 4.79 Å². The van der Waals surface area contributed by atoms with Gasteiger partial charge in [0.2, 0.25) is 5.91 Å². The van der Waals surface area contributed by atoms with Gasteiger partial charge in [-0.2, -0.15) is 0 Å². The Bertz CT molecular complexity index is 535. The highest BCUT2D eigenvalue weighted by molar-refractivity contribution is 5.85. The Morgan fingerprint density at radius 3 is 2.61 bits per heavy atom. The standard InChI is InChI=1S/C16H24N4O2.ClH/c1-3-18-16(22)20-9-8-13(10-20)19-15(21)14(17)12-6-4-11(2)5-7-12;/h4-7,13-14H,3,8-10,17H2,1-2H3,(H,18,22)(H,19,21);1H. The smallest absolute Gasteiger partial charge is 0.317 e. The van der Waals surface area contributed by atoms with Crippen molar-refractivity contribution in [2.45, 2.75) is 32.4 Å². The van der Waals surface area contributed by atoms with Crippen LogP contribution in [0.25, 0.3) is 0 Å². The van der Waals surface area contributed by atoms with Crippen molar-refractivity contribution >= 4 is 24.3 Å². The first-order chi connectivity index (χ1) is 10.5. The van der Waals surface area contributed by atoms with E-state index in [0.717, 1.165) is 17.5 Å². The highest BCUT2D eigenvalue weighted by atomic mass is 35.5. The summed E-state index contributed by atoms with van der Waals surface area (Å²) in [6.45, 7) is 5.65. The summed E-state index contributed by atoms with van der Waals surface area (Å²) in [6.07, 6.45) is 0.753. The monoisotopic (exact) mass is 340 g/mol. The van der Waals surface area contributed by atoms with Crippen LogP contribution >= 0.6 is 12.4 Å². The van der Waals surface area contributed by atoms with E-state index in [1.165, 1.54) is 0 Å². The fraction of sp³-hybridized carbons (Fsp3) is 0.500. The molecule has 1 heterocycles. The van der Waals surface area contributed by atoms with Crippen LogP contribution in [0.5, 0.6) is 0 Å². The van der Waals surface area contributed by atoms with Crippen LogP contribution in [0, 0.1) is 6.92 Å². The fourth-order valence-corrected chi connectivity index (χ4v) is 2.54. The normalized spacial score (nSPS) is 18.0. The molecule has 0 bridgehead atoms. The van der Waals surface area contributed by atoms with E-state index in [1.54, 1.807) is 4.90 Å². The van der Waals surface area contributed by atoms with Crippen LogP contribution in [0.3, 0.4) is 0 Å². The second-order valence-electron chi connectivity index (χ2n) is 5.66. The van der Waals surface area contributed by atoms with Crippen molar-refractivity contribution in [1.82, 2.24) is 15.5 Å². The van der Waals surface area contributed by atoms with E-state index in [2.05, 4.69) is 10.6 Å². The molecular weight excluding hydrogens is 316 g/mol. The van der Waals surface area contributed by atoms with Gasteiger partial charge in [0, 0.05) is 25.7 Å². The van der Waals surface area contributed by atoms with E-state index in [4.69, 9.17) is 5.73 Å². The van der Waals surface area contributed by atoms with Crippen molar-refractivity contribution in [2.75, 3.05) is 19.6 Å². The molecule has 128 valence electrons. The number of hydrogen-bond acceptors (Lipinski definition) is 3. The Hall–Kier alpha value is -1.79. The van der Waals surface area contributed by atoms with Crippen LogP contribution in [0.1, 0.15) is 30.5 Å². The number of nitrogens with two attached hydrogens (primary N) is 1. The number of nitrogens with zero attached hydrogens (tertiary/aromatic N) is 1. The van der Waals surface area contributed by atoms with Gasteiger partial charge in [0.05, 0.1) is 0 Å². The fourth-order valence-electron chi connectivity index (χ4n) is 2.54. The van der Waals surface area contributed by atoms with Crippen LogP contribution in [-0.2, 0) is 4.79 Å². The molecule has 4 N–H and O–H groups in total. The summed E-state index contributed by atoms with van der Waals surface area (Å²) in [5.74, 6) is -0.202. The third-order valence-corrected chi connectivity index (χ3v) is 3.87. The second-order valence-corrected chi connectivity index (χ2v) is 5.66. The summed E-state index contributed by atoms with van der Waals surface area (Å²) in [6, 6.07) is 6.82. The topological polar surface area (TPSA) is 87.5 Å². The maximum atomic E-state index is 12.2. The zero-order chi connectivity index (χ0) is 16.1. The first kappa shape index (κ1) is 19.3. The van der Waals surface area contributed by atoms with Crippen molar-refractivity contribution in [1.29, 1.82) is 0 Å². The summed E-state index contributed by atoms with van der Waals surface area (Å²) in [7, 11) is 0. The molecule has 2 unspecified atom stereocenters. The van der Waals surface area contributed by atoms with Crippen molar-refractivity contribution in [3.8, 4) is 0 Å². The van der Waals surface area contributed by atoms with Gasteiger partial charge in [-0.1, -0.05) is 29.8 Å². The Labute approximate surface area is 143 Å². The highest BCUT2D eigenvalue weighted by Gasteiger charge is 2.28. The Balaban J connectivity index is 0.00000264. The Morgan fingerprint density at radius 2 is 2.00 bits per heavy atom. The zero-order valence-corrected chi connectivity index (χ0v) is 14.4. The van der Waals surface area contributed by atoms with Gasteiger partial charge in [-0.05, 0) is 25.8 Å². The third kappa shape index (κ3) is 5.11. The molecule has 0 spiro atoms. The number of carbonyl (C=O) groups is 2. The zero-order valence-electron chi connectivity index (χ0n) is 13.5. The van der Waals surface area contributed by atoms with E-state index in [0.29, 0.717) is 19.6 Å². The van der Waals surface area contributed by atoms with E-state index >= 15 is 0 Å². The lowest BCUT2D eigenvalue weighted by Crippen LogP contribution is -2.44.